The largest absolute Gasteiger partial charge is 0.444 e. The number of carbonyl (C=O) groups excluding carboxylic acids is 1. The molecule has 0 aromatic carbocycles. The van der Waals surface area contributed by atoms with Crippen LogP contribution in [0.25, 0.3) is 11.2 Å². The second-order valence-electron chi connectivity index (χ2n) is 7.92. The molecule has 0 spiro atoms. The van der Waals surface area contributed by atoms with Crippen molar-refractivity contribution in [2.45, 2.75) is 44.8 Å². The van der Waals surface area contributed by atoms with Gasteiger partial charge in [0.05, 0.1) is 5.54 Å². The highest BCUT2D eigenvalue weighted by Crippen LogP contribution is 2.51. The number of hydrogen-bond acceptors (Lipinski definition) is 6. The van der Waals surface area contributed by atoms with Crippen LogP contribution < -0.4 is 5.32 Å². The molecule has 2 aromatic heterocycles. The summed E-state index contributed by atoms with van der Waals surface area (Å²) >= 11 is 5.87. The fraction of sp³-hybridized carbons (Fsp3) is 0.588. The molecule has 1 saturated carbocycles. The normalized spacial score (nSPS) is 25.1. The maximum Gasteiger partial charge on any atom is 0.410 e. The second-order valence-corrected chi connectivity index (χ2v) is 8.31. The lowest BCUT2D eigenvalue weighted by Crippen LogP contribution is -2.54. The number of nitrogens with one attached hydrogen (secondary N) is 1. The molecule has 2 aliphatic heterocycles. The average Bonchev–Trinajstić information content (AvgIpc) is 3.12. The number of aromatic nitrogens is 2. The van der Waals surface area contributed by atoms with Crippen molar-refractivity contribution in [3.05, 3.63) is 17.3 Å². The summed E-state index contributed by atoms with van der Waals surface area (Å²) in [5.74, 6) is 0.554. The molecule has 4 heterocycles. The fourth-order valence-electron chi connectivity index (χ4n) is 3.75. The number of nitrogens with zero attached hydrogens (tertiary/aromatic N) is 3. The van der Waals surface area contributed by atoms with Crippen LogP contribution in [-0.4, -0.2) is 45.2 Å². The standard InChI is InChI=1S/C17H21ClN4O3/c1-16(2,3)25-15(23)22-8-10-6-17(22,7-10)9-19-14-21-13-11(24-14)4-5-12(18)20-13/h4-5,10H,6-9H2,1-3H3,(H,19,20,21). The van der Waals surface area contributed by atoms with Gasteiger partial charge in [0.2, 0.25) is 5.65 Å². The summed E-state index contributed by atoms with van der Waals surface area (Å²) < 4.78 is 11.2. The number of ether oxygens (including phenoxy) is 1. The minimum atomic E-state index is -0.496. The smallest absolute Gasteiger partial charge is 0.410 e. The Balaban J connectivity index is 1.46. The number of fused-ring (bicyclic) bond motifs is 2. The van der Waals surface area contributed by atoms with Crippen LogP contribution in [0.15, 0.2) is 16.5 Å². The summed E-state index contributed by atoms with van der Waals surface area (Å²) in [5.41, 5.74) is 0.323. The highest BCUT2D eigenvalue weighted by Gasteiger charge is 2.58. The molecule has 1 aliphatic carbocycles. The molecule has 25 heavy (non-hydrogen) atoms. The molecule has 1 amide bonds. The van der Waals surface area contributed by atoms with Gasteiger partial charge in [0, 0.05) is 13.1 Å². The molecule has 134 valence electrons. The van der Waals surface area contributed by atoms with E-state index in [9.17, 15) is 4.79 Å². The van der Waals surface area contributed by atoms with Crippen LogP contribution in [0.5, 0.6) is 0 Å². The Kier molecular flexibility index (Phi) is 3.61. The van der Waals surface area contributed by atoms with Gasteiger partial charge in [0.15, 0.2) is 5.58 Å². The molecular formula is C17H21ClN4O3. The monoisotopic (exact) mass is 364 g/mol. The van der Waals surface area contributed by atoms with Gasteiger partial charge >= 0.3 is 6.09 Å². The number of hydrogen-bond donors (Lipinski definition) is 1. The van der Waals surface area contributed by atoms with Gasteiger partial charge in [-0.1, -0.05) is 11.6 Å². The molecule has 0 radical (unpaired) electrons. The highest BCUT2D eigenvalue weighted by atomic mass is 35.5. The number of rotatable bonds is 3. The first-order chi connectivity index (χ1) is 11.7. The number of oxazole rings is 1. The lowest BCUT2D eigenvalue weighted by atomic mass is 9.73. The number of anilines is 1. The van der Waals surface area contributed by atoms with E-state index in [2.05, 4.69) is 15.3 Å². The van der Waals surface area contributed by atoms with Crippen molar-refractivity contribution in [1.29, 1.82) is 0 Å². The van der Waals surface area contributed by atoms with Crippen LogP contribution in [0.4, 0.5) is 10.8 Å². The Morgan fingerprint density at radius 1 is 1.44 bits per heavy atom. The minimum absolute atomic E-state index is 0.223. The second kappa shape index (κ2) is 5.49. The number of carbonyl (C=O) groups is 1. The van der Waals surface area contributed by atoms with Gasteiger partial charge in [-0.15, -0.1) is 0 Å². The molecule has 5 rings (SSSR count). The van der Waals surface area contributed by atoms with E-state index in [1.807, 2.05) is 25.7 Å². The Bertz CT molecular complexity index is 823. The summed E-state index contributed by atoms with van der Waals surface area (Å²) in [5, 5.41) is 3.59. The van der Waals surface area contributed by atoms with E-state index in [4.69, 9.17) is 20.8 Å². The van der Waals surface area contributed by atoms with Crippen molar-refractivity contribution in [1.82, 2.24) is 14.9 Å². The highest BCUT2D eigenvalue weighted by molar-refractivity contribution is 6.29. The van der Waals surface area contributed by atoms with Gasteiger partial charge in [0.1, 0.15) is 10.8 Å². The third-order valence-corrected chi connectivity index (χ3v) is 4.96. The van der Waals surface area contributed by atoms with Crippen molar-refractivity contribution < 1.29 is 13.9 Å². The van der Waals surface area contributed by atoms with Gasteiger partial charge in [0.25, 0.3) is 6.01 Å². The summed E-state index contributed by atoms with van der Waals surface area (Å²) in [6, 6.07) is 3.79. The van der Waals surface area contributed by atoms with E-state index in [0.717, 1.165) is 19.4 Å². The predicted molar refractivity (Wildman–Crippen MR) is 93.7 cm³/mol. The Hall–Kier alpha value is -2.02. The van der Waals surface area contributed by atoms with E-state index in [1.54, 1.807) is 12.1 Å². The minimum Gasteiger partial charge on any atom is -0.444 e. The number of halogens is 1. The molecule has 0 unspecified atom stereocenters. The van der Waals surface area contributed by atoms with E-state index in [1.165, 1.54) is 0 Å². The molecule has 1 N–H and O–H groups in total. The van der Waals surface area contributed by atoms with Gasteiger partial charge in [-0.2, -0.15) is 4.98 Å². The maximum absolute atomic E-state index is 12.5. The third-order valence-electron chi connectivity index (χ3n) is 4.75. The average molecular weight is 365 g/mol. The van der Waals surface area contributed by atoms with Crippen molar-refractivity contribution >= 4 is 34.9 Å². The van der Waals surface area contributed by atoms with Gasteiger partial charge in [-0.05, 0) is 51.7 Å². The van der Waals surface area contributed by atoms with Gasteiger partial charge in [-0.3, -0.25) is 0 Å². The first-order valence-electron chi connectivity index (χ1n) is 8.42. The number of amides is 1. The molecule has 3 aliphatic rings. The Labute approximate surface area is 150 Å². The van der Waals surface area contributed by atoms with Crippen molar-refractivity contribution in [3.8, 4) is 0 Å². The first-order valence-corrected chi connectivity index (χ1v) is 8.80. The molecule has 7 nitrogen and oxygen atoms in total. The van der Waals surface area contributed by atoms with Crippen LogP contribution in [0, 0.1) is 5.92 Å². The van der Waals surface area contributed by atoms with Crippen molar-refractivity contribution in [2.24, 2.45) is 5.92 Å². The van der Waals surface area contributed by atoms with Crippen molar-refractivity contribution in [3.63, 3.8) is 0 Å². The van der Waals surface area contributed by atoms with Crippen LogP contribution in [0.1, 0.15) is 33.6 Å². The lowest BCUT2D eigenvalue weighted by molar-refractivity contribution is 0.00964. The van der Waals surface area contributed by atoms with Crippen LogP contribution in [-0.2, 0) is 4.74 Å². The predicted octanol–water partition coefficient (Wildman–Crippen LogP) is 3.69. The van der Waals surface area contributed by atoms with Crippen molar-refractivity contribution in [2.75, 3.05) is 18.4 Å². The van der Waals surface area contributed by atoms with Gasteiger partial charge < -0.3 is 19.4 Å². The Morgan fingerprint density at radius 3 is 2.92 bits per heavy atom. The molecule has 2 saturated heterocycles. The van der Waals surface area contributed by atoms with Crippen LogP contribution in [0.3, 0.4) is 0 Å². The SMILES string of the molecule is CC(C)(C)OC(=O)N1CC2CC1(CNc1nc3nc(Cl)ccc3o1)C2. The van der Waals surface area contributed by atoms with Gasteiger partial charge in [-0.25, -0.2) is 9.78 Å². The maximum atomic E-state index is 12.5. The fourth-order valence-corrected chi connectivity index (χ4v) is 3.90. The molecule has 8 heteroatoms. The summed E-state index contributed by atoms with van der Waals surface area (Å²) in [6.07, 6.45) is 1.70. The molecule has 0 atom stereocenters. The Morgan fingerprint density at radius 2 is 2.20 bits per heavy atom. The van der Waals surface area contributed by atoms with E-state index < -0.39 is 5.60 Å². The summed E-state index contributed by atoms with van der Waals surface area (Å²) in [6.45, 7) is 6.97. The number of pyridine rings is 1. The van der Waals surface area contributed by atoms with E-state index in [0.29, 0.717) is 34.9 Å². The third kappa shape index (κ3) is 3.01. The quantitative estimate of drug-likeness (QED) is 0.836. The summed E-state index contributed by atoms with van der Waals surface area (Å²) in [7, 11) is 0. The zero-order chi connectivity index (χ0) is 17.8. The zero-order valence-corrected chi connectivity index (χ0v) is 15.3. The van der Waals surface area contributed by atoms with Crippen LogP contribution >= 0.6 is 11.6 Å². The van der Waals surface area contributed by atoms with E-state index >= 15 is 0 Å². The molecule has 2 bridgehead atoms. The van der Waals surface area contributed by atoms with E-state index in [-0.39, 0.29) is 11.6 Å². The lowest BCUT2D eigenvalue weighted by Gasteiger charge is -2.42. The topological polar surface area (TPSA) is 80.5 Å². The first kappa shape index (κ1) is 16.4. The molecular weight excluding hydrogens is 344 g/mol. The zero-order valence-electron chi connectivity index (χ0n) is 14.5. The summed E-state index contributed by atoms with van der Waals surface area (Å²) in [4.78, 5) is 22.8. The van der Waals surface area contributed by atoms with Crippen LogP contribution in [0.2, 0.25) is 5.15 Å². The molecule has 3 fully saturated rings. The molecule has 2 aromatic rings.